The maximum atomic E-state index is 6.36. The van der Waals surface area contributed by atoms with E-state index in [4.69, 9.17) is 11.5 Å². The predicted molar refractivity (Wildman–Crippen MR) is 95.7 cm³/mol. The molecule has 2 rings (SSSR count). The van der Waals surface area contributed by atoms with Crippen LogP contribution in [-0.2, 0) is 12.8 Å². The second-order valence-electron chi connectivity index (χ2n) is 5.46. The second-order valence-corrected chi connectivity index (χ2v) is 5.46. The smallest absolute Gasteiger partial charge is 0.0447 e. The zero-order valence-electron chi connectivity index (χ0n) is 12.9. The van der Waals surface area contributed by atoms with E-state index in [2.05, 4.69) is 45.0 Å². The minimum absolute atomic E-state index is 0. The normalized spacial score (nSPS) is 10.3. The third-order valence-corrected chi connectivity index (χ3v) is 3.94. The molecular formula is C19H28N2. The lowest BCUT2D eigenvalue weighted by atomic mass is 9.92. The molecular weight excluding hydrogens is 256 g/mol. The number of rotatable bonds is 3. The van der Waals surface area contributed by atoms with Crippen molar-refractivity contribution in [1.82, 2.24) is 0 Å². The highest BCUT2D eigenvalue weighted by Crippen LogP contribution is 2.35. The molecule has 0 amide bonds. The van der Waals surface area contributed by atoms with Crippen LogP contribution in [0.2, 0.25) is 0 Å². The molecule has 0 atom stereocenters. The van der Waals surface area contributed by atoms with Crippen molar-refractivity contribution in [2.24, 2.45) is 0 Å². The van der Waals surface area contributed by atoms with Gasteiger partial charge in [0.2, 0.25) is 0 Å². The first kappa shape index (κ1) is 17.1. The minimum atomic E-state index is 0. The van der Waals surface area contributed by atoms with Crippen LogP contribution in [0.4, 0.5) is 11.4 Å². The lowest BCUT2D eigenvalue weighted by Gasteiger charge is -2.16. The van der Waals surface area contributed by atoms with E-state index in [-0.39, 0.29) is 7.43 Å². The van der Waals surface area contributed by atoms with Crippen LogP contribution >= 0.6 is 0 Å². The summed E-state index contributed by atoms with van der Waals surface area (Å²) in [6.07, 6.45) is 1.89. The third-order valence-electron chi connectivity index (χ3n) is 3.94. The average Bonchev–Trinajstić information content (AvgIpc) is 2.42. The van der Waals surface area contributed by atoms with Crippen molar-refractivity contribution in [2.75, 3.05) is 11.5 Å². The van der Waals surface area contributed by atoms with Gasteiger partial charge in [-0.25, -0.2) is 0 Å². The number of anilines is 2. The van der Waals surface area contributed by atoms with Gasteiger partial charge in [0.25, 0.3) is 0 Å². The van der Waals surface area contributed by atoms with Crippen LogP contribution in [0.1, 0.15) is 43.5 Å². The lowest BCUT2D eigenvalue weighted by molar-refractivity contribution is 1.13. The number of aryl methyl sites for hydroxylation is 3. The number of nitrogens with two attached hydrogens (primary N) is 2. The number of benzene rings is 2. The Hall–Kier alpha value is -1.96. The molecule has 2 nitrogen and oxygen atoms in total. The van der Waals surface area contributed by atoms with Crippen molar-refractivity contribution in [3.05, 3.63) is 46.5 Å². The van der Waals surface area contributed by atoms with Crippen molar-refractivity contribution in [1.29, 1.82) is 0 Å². The van der Waals surface area contributed by atoms with Crippen LogP contribution in [0.25, 0.3) is 11.1 Å². The zero-order chi connectivity index (χ0) is 14.9. The lowest BCUT2D eigenvalue weighted by Crippen LogP contribution is -2.04. The van der Waals surface area contributed by atoms with Gasteiger partial charge in [-0.3, -0.25) is 0 Å². The van der Waals surface area contributed by atoms with Crippen molar-refractivity contribution in [3.8, 4) is 11.1 Å². The predicted octanol–water partition coefficient (Wildman–Crippen LogP) is 4.90. The van der Waals surface area contributed by atoms with Crippen molar-refractivity contribution in [2.45, 2.75) is 48.0 Å². The van der Waals surface area contributed by atoms with Gasteiger partial charge in [-0.2, -0.15) is 0 Å². The second kappa shape index (κ2) is 6.66. The molecule has 0 aliphatic carbocycles. The quantitative estimate of drug-likeness (QED) is 0.788. The fourth-order valence-electron chi connectivity index (χ4n) is 2.76. The molecule has 0 aliphatic heterocycles. The van der Waals surface area contributed by atoms with E-state index in [9.17, 15) is 0 Å². The van der Waals surface area contributed by atoms with Crippen LogP contribution in [0.3, 0.4) is 0 Å². The van der Waals surface area contributed by atoms with E-state index >= 15 is 0 Å². The topological polar surface area (TPSA) is 52.0 Å². The monoisotopic (exact) mass is 284 g/mol. The van der Waals surface area contributed by atoms with Crippen LogP contribution in [0.5, 0.6) is 0 Å². The SMILES string of the molecule is C.CCc1cc(C)cc(-c2cc(C)c(N)c(CC)c2N)c1. The van der Waals surface area contributed by atoms with Gasteiger partial charge in [-0.15, -0.1) is 0 Å². The molecule has 0 aromatic heterocycles. The molecule has 4 N–H and O–H groups in total. The first-order chi connectivity index (χ1) is 9.47. The van der Waals surface area contributed by atoms with Crippen molar-refractivity contribution >= 4 is 11.4 Å². The molecule has 114 valence electrons. The number of hydrogen-bond acceptors (Lipinski definition) is 2. The first-order valence-corrected chi connectivity index (χ1v) is 7.26. The molecule has 0 spiro atoms. The summed E-state index contributed by atoms with van der Waals surface area (Å²) in [5.41, 5.74) is 21.2. The zero-order valence-corrected chi connectivity index (χ0v) is 12.9. The van der Waals surface area contributed by atoms with Gasteiger partial charge in [0.15, 0.2) is 0 Å². The summed E-state index contributed by atoms with van der Waals surface area (Å²) in [4.78, 5) is 0. The summed E-state index contributed by atoms with van der Waals surface area (Å²) < 4.78 is 0. The Bertz CT molecular complexity index is 642. The molecule has 0 fully saturated rings. The molecule has 0 radical (unpaired) electrons. The highest BCUT2D eigenvalue weighted by atomic mass is 14.6. The summed E-state index contributed by atoms with van der Waals surface area (Å²) in [5, 5.41) is 0. The fourth-order valence-corrected chi connectivity index (χ4v) is 2.76. The Balaban J connectivity index is 0.00000220. The molecule has 0 bridgehead atoms. The van der Waals surface area contributed by atoms with E-state index in [1.165, 1.54) is 16.7 Å². The molecule has 21 heavy (non-hydrogen) atoms. The minimum Gasteiger partial charge on any atom is -0.398 e. The van der Waals surface area contributed by atoms with E-state index in [0.29, 0.717) is 0 Å². The Labute approximate surface area is 129 Å². The highest BCUT2D eigenvalue weighted by molar-refractivity contribution is 5.84. The maximum Gasteiger partial charge on any atom is 0.0447 e. The standard InChI is InChI=1S/C18H24N2.CH4/c1-5-13-7-11(3)8-14(10-13)16-9-12(4)17(19)15(6-2)18(16)20;/h7-10H,5-6,19-20H2,1-4H3;1H4. The fraction of sp³-hybridized carbons (Fsp3) is 0.368. The molecule has 2 aromatic rings. The van der Waals surface area contributed by atoms with E-state index in [0.717, 1.165) is 40.9 Å². The molecule has 0 saturated carbocycles. The van der Waals surface area contributed by atoms with Crippen LogP contribution < -0.4 is 11.5 Å². The summed E-state index contributed by atoms with van der Waals surface area (Å²) in [6, 6.07) is 8.76. The summed E-state index contributed by atoms with van der Waals surface area (Å²) in [7, 11) is 0. The van der Waals surface area contributed by atoms with Crippen LogP contribution in [-0.4, -0.2) is 0 Å². The molecule has 0 aliphatic rings. The average molecular weight is 284 g/mol. The van der Waals surface area contributed by atoms with Gasteiger partial charge >= 0.3 is 0 Å². The van der Waals surface area contributed by atoms with Crippen LogP contribution in [0.15, 0.2) is 24.3 Å². The molecule has 2 aromatic carbocycles. The Morgan fingerprint density at radius 1 is 0.857 bits per heavy atom. The molecule has 2 heteroatoms. The first-order valence-electron chi connectivity index (χ1n) is 7.26. The van der Waals surface area contributed by atoms with E-state index in [1.54, 1.807) is 0 Å². The van der Waals surface area contributed by atoms with Gasteiger partial charge in [-0.05, 0) is 55.0 Å². The van der Waals surface area contributed by atoms with Crippen molar-refractivity contribution in [3.63, 3.8) is 0 Å². The van der Waals surface area contributed by atoms with Gasteiger partial charge in [0.05, 0.1) is 0 Å². The summed E-state index contributed by atoms with van der Waals surface area (Å²) in [6.45, 7) is 8.45. The largest absolute Gasteiger partial charge is 0.398 e. The molecule has 0 heterocycles. The summed E-state index contributed by atoms with van der Waals surface area (Å²) >= 11 is 0. The maximum absolute atomic E-state index is 6.36. The van der Waals surface area contributed by atoms with E-state index in [1.807, 2.05) is 6.92 Å². The van der Waals surface area contributed by atoms with E-state index < -0.39 is 0 Å². The third kappa shape index (κ3) is 3.21. The Morgan fingerprint density at radius 2 is 1.52 bits per heavy atom. The van der Waals surface area contributed by atoms with Gasteiger partial charge in [0.1, 0.15) is 0 Å². The van der Waals surface area contributed by atoms with Crippen molar-refractivity contribution < 1.29 is 0 Å². The van der Waals surface area contributed by atoms with Gasteiger partial charge < -0.3 is 11.5 Å². The highest BCUT2D eigenvalue weighted by Gasteiger charge is 2.12. The number of hydrogen-bond donors (Lipinski definition) is 2. The van der Waals surface area contributed by atoms with Gasteiger partial charge in [-0.1, -0.05) is 45.0 Å². The number of nitrogen functional groups attached to an aromatic ring is 2. The molecule has 0 unspecified atom stereocenters. The Morgan fingerprint density at radius 3 is 2.10 bits per heavy atom. The van der Waals surface area contributed by atoms with Crippen LogP contribution in [0, 0.1) is 13.8 Å². The molecule has 0 saturated heterocycles. The Kier molecular flexibility index (Phi) is 5.42. The van der Waals surface area contributed by atoms with Gasteiger partial charge in [0, 0.05) is 16.9 Å². The summed E-state index contributed by atoms with van der Waals surface area (Å²) in [5.74, 6) is 0.